The first kappa shape index (κ1) is 92.7. The van der Waals surface area contributed by atoms with Crippen molar-refractivity contribution < 1.29 is 85.0 Å². The van der Waals surface area contributed by atoms with E-state index >= 15 is 0 Å². The van der Waals surface area contributed by atoms with Gasteiger partial charge in [0, 0.05) is 43.5 Å². The van der Waals surface area contributed by atoms with Crippen molar-refractivity contribution in [2.45, 2.75) is 160 Å². The van der Waals surface area contributed by atoms with E-state index in [1.165, 1.54) is 86.1 Å². The minimum Gasteiger partial charge on any atom is -0.610 e. The molecule has 2 aliphatic carbocycles. The van der Waals surface area contributed by atoms with Gasteiger partial charge in [-0.25, -0.2) is 0 Å². The zero-order chi connectivity index (χ0) is 83.6. The Morgan fingerprint density at radius 2 is 0.556 bits per heavy atom. The number of rotatable bonds is 18. The molecule has 0 spiro atoms. The molecule has 0 atom stereocenters. The number of fused-ring (bicyclic) bond motifs is 1. The molecule has 117 heavy (non-hydrogen) atoms. The van der Waals surface area contributed by atoms with Crippen molar-refractivity contribution in [1.82, 2.24) is 0 Å². The SMILES string of the molecule is CC.CC.COc1ccc(C2(c3ccc(OC(=O)CC(=O)Oc4ccc(C5(c6ccc(O[C-]=O)c(C)c6)CCC5)cc4C)c(C)c3)CCC2)cc1C.C[C-]=O.Cc1ccc(-c2ccc(C)cc2)cc1.Cc1ccc(Oc2ccc(C)cc2)cc1.Cc1ccc(Oc2ccc(Oc3ccc(C)cc3)cc2)cc1.[Y].c1ccc2ccccc2c1. The maximum absolute atomic E-state index is 12.8. The third-order valence-electron chi connectivity index (χ3n) is 20.1. The normalized spacial score (nSPS) is 12.0. The van der Waals surface area contributed by atoms with Gasteiger partial charge in [-0.15, -0.1) is 6.07 Å². The third kappa shape index (κ3) is 27.0. The molecule has 11 nitrogen and oxygen atoms in total. The van der Waals surface area contributed by atoms with E-state index in [0.29, 0.717) is 17.2 Å². The van der Waals surface area contributed by atoms with E-state index in [1.807, 2.05) is 212 Å². The minimum absolute atomic E-state index is 0. The fraction of sp³-hybridized carbons (Fsp3) is 0.238. The molecule has 2 aliphatic rings. The molecule has 2 saturated carbocycles. The predicted octanol–water partition coefficient (Wildman–Crippen LogP) is 27.2. The van der Waals surface area contributed by atoms with Gasteiger partial charge in [-0.1, -0.05) is 281 Å². The number of methoxy groups -OCH3 is 1. The molecule has 0 N–H and O–H groups in total. The molecular weight excluding hydrogens is 1530 g/mol. The second-order valence-electron chi connectivity index (χ2n) is 28.6. The number of aryl methyl sites for hydroxylation is 10. The molecule has 13 aromatic rings. The van der Waals surface area contributed by atoms with Crippen molar-refractivity contribution in [2.75, 3.05) is 7.11 Å². The van der Waals surface area contributed by atoms with Crippen LogP contribution < -0.4 is 33.2 Å². The average Bonchev–Trinajstić information content (AvgIpc) is 0.751. The largest absolute Gasteiger partial charge is 0.610 e. The van der Waals surface area contributed by atoms with Gasteiger partial charge in [0.1, 0.15) is 58.2 Å². The molecule has 15 rings (SSSR count). The topological polar surface area (TPSA) is 133 Å². The molecule has 601 valence electrons. The van der Waals surface area contributed by atoms with E-state index < -0.39 is 18.4 Å². The van der Waals surface area contributed by atoms with Crippen LogP contribution in [0.1, 0.15) is 157 Å². The first-order valence-corrected chi connectivity index (χ1v) is 39.9. The Labute approximate surface area is 719 Å². The number of benzene rings is 13. The molecule has 0 bridgehead atoms. The number of hydrogen-bond acceptors (Lipinski definition) is 11. The van der Waals surface area contributed by atoms with Crippen LogP contribution >= 0.6 is 0 Å². The summed E-state index contributed by atoms with van der Waals surface area (Å²) < 4.78 is 39.0. The van der Waals surface area contributed by atoms with Gasteiger partial charge in [0.2, 0.25) is 0 Å². The third-order valence-corrected chi connectivity index (χ3v) is 20.1. The van der Waals surface area contributed by atoms with E-state index in [2.05, 4.69) is 170 Å². The molecule has 0 aliphatic heterocycles. The van der Waals surface area contributed by atoms with Crippen LogP contribution in [0.15, 0.2) is 291 Å². The first-order chi connectivity index (χ1) is 56.1. The average molecular weight is 1640 g/mol. The van der Waals surface area contributed by atoms with Gasteiger partial charge in [-0.2, -0.15) is 6.92 Å². The monoisotopic (exact) mass is 1640 g/mol. The summed E-state index contributed by atoms with van der Waals surface area (Å²) in [4.78, 5) is 45.1. The summed E-state index contributed by atoms with van der Waals surface area (Å²) in [5, 5.41) is 2.62. The predicted molar refractivity (Wildman–Crippen MR) is 473 cm³/mol. The van der Waals surface area contributed by atoms with Gasteiger partial charge in [-0.3, -0.25) is 15.9 Å². The van der Waals surface area contributed by atoms with Crippen LogP contribution in [0.4, 0.5) is 0 Å². The van der Waals surface area contributed by atoms with E-state index in [1.54, 1.807) is 13.2 Å². The van der Waals surface area contributed by atoms with Crippen molar-refractivity contribution >= 4 is 35.5 Å². The molecule has 2 fully saturated rings. The molecule has 0 amide bonds. The van der Waals surface area contributed by atoms with E-state index in [-0.39, 0.29) is 43.5 Å². The zero-order valence-electron chi connectivity index (χ0n) is 70.7. The summed E-state index contributed by atoms with van der Waals surface area (Å²) in [5.74, 6) is 5.87. The molecule has 0 heterocycles. The summed E-state index contributed by atoms with van der Waals surface area (Å²) in [6, 6.07) is 97.7. The Morgan fingerprint density at radius 1 is 0.325 bits per heavy atom. The number of hydrogen-bond donors (Lipinski definition) is 0. The fourth-order valence-electron chi connectivity index (χ4n) is 13.4. The standard InChI is InChI=1S/C41H41O7.C20H18O2.C14H14O.C14H14.C10H8.C2H3O.2C2H6.Y/c1-26-20-30(8-12-34(26)45-5)40(16-6-17-40)32-10-14-36(28(3)22-32)47-38(43)24-39(44)48-37-15-11-33(23-29(37)4)41(18-7-19-41)31-9-13-35(46-25-42)27(2)21-31;1-15-3-7-17(8-4-15)21-19-11-13-20(14-12-19)22-18-9-5-16(2)6-10-18;1-11-3-7-13(8-4-11)15-14-9-5-12(2)6-10-14;1-11-3-7-13(8-4-11)14-9-5-12(2)6-10-14;1-2-6-10-8-4-3-7-9(10)5-1;1-2-3;2*1-2;/h8-15,20-23H,6-7,16-19,24H2,1-5H3;3-14H,1-2H3;3-10H,1-2H3;3-10H,1-2H3;1-8H;1H3;2*1-2H3;/q-1;;;;;-1;;;. The molecule has 0 saturated heterocycles. The molecule has 13 aromatic carbocycles. The summed E-state index contributed by atoms with van der Waals surface area (Å²) in [7, 11) is 1.69. The maximum atomic E-state index is 12.8. The van der Waals surface area contributed by atoms with Crippen LogP contribution in [-0.2, 0) is 62.7 Å². The van der Waals surface area contributed by atoms with Crippen LogP contribution in [0.5, 0.6) is 57.5 Å². The van der Waals surface area contributed by atoms with Gasteiger partial charge in [0.15, 0.2) is 6.47 Å². The number of ether oxygens (including phenoxy) is 7. The quantitative estimate of drug-likeness (QED) is 0.0352. The zero-order valence-corrected chi connectivity index (χ0v) is 73.6. The van der Waals surface area contributed by atoms with Crippen molar-refractivity contribution in [3.05, 3.63) is 369 Å². The second-order valence-corrected chi connectivity index (χ2v) is 28.6. The van der Waals surface area contributed by atoms with Gasteiger partial charge in [-0.05, 0) is 246 Å². The van der Waals surface area contributed by atoms with E-state index in [4.69, 9.17) is 38.0 Å². The van der Waals surface area contributed by atoms with Crippen LogP contribution in [-0.4, -0.2) is 31.8 Å². The van der Waals surface area contributed by atoms with Crippen LogP contribution in [0, 0.1) is 69.2 Å². The van der Waals surface area contributed by atoms with Crippen molar-refractivity contribution in [2.24, 2.45) is 0 Å². The summed E-state index contributed by atoms with van der Waals surface area (Å²) >= 11 is 0. The summed E-state index contributed by atoms with van der Waals surface area (Å²) in [6.45, 7) is 31.1. The Hall–Kier alpha value is -11.5. The maximum Gasteiger partial charge on any atom is 0.322 e. The molecule has 12 heteroatoms. The fourth-order valence-corrected chi connectivity index (χ4v) is 13.4. The Kier molecular flexibility index (Phi) is 37.1. The van der Waals surface area contributed by atoms with Crippen LogP contribution in [0.25, 0.3) is 21.9 Å². The smallest absolute Gasteiger partial charge is 0.322 e. The van der Waals surface area contributed by atoms with Crippen molar-refractivity contribution in [3.8, 4) is 68.6 Å². The van der Waals surface area contributed by atoms with Gasteiger partial charge in [0.05, 0.1) is 7.11 Å². The van der Waals surface area contributed by atoms with Crippen molar-refractivity contribution in [3.63, 3.8) is 0 Å². The van der Waals surface area contributed by atoms with E-state index in [0.717, 1.165) is 112 Å². The first-order valence-electron chi connectivity index (χ1n) is 39.9. The van der Waals surface area contributed by atoms with Gasteiger partial charge >= 0.3 is 11.9 Å². The van der Waals surface area contributed by atoms with E-state index in [9.17, 15) is 14.4 Å². The number of carbonyl (C=O) groups excluding carboxylic acids is 4. The van der Waals surface area contributed by atoms with Gasteiger partial charge in [0.25, 0.3) is 0 Å². The molecule has 1 radical (unpaired) electrons. The molecular formula is C105H110O11Y-2. The summed E-state index contributed by atoms with van der Waals surface area (Å²) in [6.07, 6.45) is 7.31. The minimum atomic E-state index is -0.676. The Bertz CT molecular complexity index is 5020. The number of carbonyl (C=O) groups is 2. The van der Waals surface area contributed by atoms with Crippen LogP contribution in [0.2, 0.25) is 0 Å². The van der Waals surface area contributed by atoms with Crippen LogP contribution in [0.3, 0.4) is 0 Å². The molecule has 0 aromatic heterocycles. The molecule has 0 unspecified atom stereocenters. The second kappa shape index (κ2) is 46.9. The van der Waals surface area contributed by atoms with Crippen molar-refractivity contribution in [1.29, 1.82) is 0 Å². The Balaban J connectivity index is 0.000000225. The summed E-state index contributed by atoms with van der Waals surface area (Å²) in [5.41, 5.74) is 18.2. The van der Waals surface area contributed by atoms with Gasteiger partial charge < -0.3 is 42.7 Å². The Morgan fingerprint density at radius 3 is 0.778 bits per heavy atom. The number of esters is 2.